The lowest BCUT2D eigenvalue weighted by atomic mass is 10.2. The van der Waals surface area contributed by atoms with Crippen LogP contribution in [0.1, 0.15) is 19.8 Å². The number of nitrogens with zero attached hydrogens (tertiary/aromatic N) is 1. The van der Waals surface area contributed by atoms with Crippen LogP contribution in [0, 0.1) is 5.82 Å². The van der Waals surface area contributed by atoms with Gasteiger partial charge in [0.05, 0.1) is 0 Å². The van der Waals surface area contributed by atoms with Crippen LogP contribution in [-0.4, -0.2) is 35.3 Å². The van der Waals surface area contributed by atoms with E-state index in [4.69, 9.17) is 0 Å². The first-order valence-corrected chi connectivity index (χ1v) is 8.94. The zero-order valence-corrected chi connectivity index (χ0v) is 15.4. The van der Waals surface area contributed by atoms with Gasteiger partial charge in [-0.25, -0.2) is 9.18 Å². The number of rotatable bonds is 4. The lowest BCUT2D eigenvalue weighted by Gasteiger charge is -2.24. The third-order valence-electron chi connectivity index (χ3n) is 4.34. The van der Waals surface area contributed by atoms with Gasteiger partial charge >= 0.3 is 6.03 Å². The maximum Gasteiger partial charge on any atom is 0.322 e. The van der Waals surface area contributed by atoms with Gasteiger partial charge in [0.1, 0.15) is 11.9 Å². The molecule has 1 fully saturated rings. The smallest absolute Gasteiger partial charge is 0.322 e. The number of hydrogen-bond donors (Lipinski definition) is 3. The Morgan fingerprint density at radius 2 is 1.61 bits per heavy atom. The molecule has 0 aromatic heterocycles. The van der Waals surface area contributed by atoms with Gasteiger partial charge < -0.3 is 20.9 Å². The zero-order chi connectivity index (χ0) is 20.1. The molecule has 0 radical (unpaired) electrons. The molecule has 1 saturated heterocycles. The summed E-state index contributed by atoms with van der Waals surface area (Å²) < 4.78 is 13.3. The molecule has 0 unspecified atom stereocenters. The summed E-state index contributed by atoms with van der Waals surface area (Å²) in [6.07, 6.45) is 1.23. The van der Waals surface area contributed by atoms with Crippen LogP contribution >= 0.6 is 0 Å². The van der Waals surface area contributed by atoms with Crippen LogP contribution < -0.4 is 16.0 Å². The van der Waals surface area contributed by atoms with Crippen LogP contribution in [-0.2, 0) is 9.59 Å². The van der Waals surface area contributed by atoms with Gasteiger partial charge in [-0.05, 0) is 49.2 Å². The summed E-state index contributed by atoms with van der Waals surface area (Å²) in [7, 11) is 0. The number of urea groups is 1. The Balaban J connectivity index is 1.66. The van der Waals surface area contributed by atoms with Crippen molar-refractivity contribution in [2.24, 2.45) is 0 Å². The van der Waals surface area contributed by atoms with E-state index in [-0.39, 0.29) is 11.8 Å². The minimum Gasteiger partial charge on any atom is -0.326 e. The van der Waals surface area contributed by atoms with E-state index in [9.17, 15) is 18.8 Å². The monoisotopic (exact) mass is 384 g/mol. The minimum absolute atomic E-state index is 0.209. The van der Waals surface area contributed by atoms with Crippen LogP contribution in [0.4, 0.5) is 26.2 Å². The van der Waals surface area contributed by atoms with E-state index in [0.717, 1.165) is 0 Å². The second-order valence-electron chi connectivity index (χ2n) is 6.54. The standard InChI is InChI=1S/C20H21FN4O3/c1-13(26)22-16-7-3-8-17(12-16)23-19(27)18-9-4-10-25(18)20(28)24-15-6-2-5-14(21)11-15/h2-3,5-8,11-12,18H,4,9-10H2,1H3,(H,22,26)(H,23,27)(H,24,28)/t18-/m1/s1. The quantitative estimate of drug-likeness (QED) is 0.754. The van der Waals surface area contributed by atoms with E-state index < -0.39 is 17.9 Å². The predicted octanol–water partition coefficient (Wildman–Crippen LogP) is 3.42. The third-order valence-corrected chi connectivity index (χ3v) is 4.34. The number of amides is 4. The fourth-order valence-corrected chi connectivity index (χ4v) is 3.15. The molecule has 1 aliphatic heterocycles. The van der Waals surface area contributed by atoms with Gasteiger partial charge in [0, 0.05) is 30.5 Å². The van der Waals surface area contributed by atoms with Crippen molar-refractivity contribution >= 4 is 34.9 Å². The number of carbonyl (C=O) groups excluding carboxylic acids is 3. The van der Waals surface area contributed by atoms with Gasteiger partial charge in [0.25, 0.3) is 0 Å². The molecule has 0 bridgehead atoms. The average molecular weight is 384 g/mol. The molecule has 2 aromatic rings. The van der Waals surface area contributed by atoms with Crippen LogP contribution in [0.25, 0.3) is 0 Å². The van der Waals surface area contributed by atoms with E-state index in [0.29, 0.717) is 36.4 Å². The maximum absolute atomic E-state index is 13.3. The summed E-state index contributed by atoms with van der Waals surface area (Å²) in [5.74, 6) is -0.973. The summed E-state index contributed by atoms with van der Waals surface area (Å²) in [5.41, 5.74) is 1.42. The number of likely N-dealkylation sites (tertiary alicyclic amines) is 1. The second-order valence-corrected chi connectivity index (χ2v) is 6.54. The van der Waals surface area contributed by atoms with Crippen molar-refractivity contribution in [2.45, 2.75) is 25.8 Å². The Bertz CT molecular complexity index is 903. The summed E-state index contributed by atoms with van der Waals surface area (Å²) in [6.45, 7) is 1.84. The van der Waals surface area contributed by atoms with Gasteiger partial charge in [0.15, 0.2) is 0 Å². The van der Waals surface area contributed by atoms with Crippen molar-refractivity contribution in [3.63, 3.8) is 0 Å². The zero-order valence-electron chi connectivity index (χ0n) is 15.4. The van der Waals surface area contributed by atoms with Crippen molar-refractivity contribution < 1.29 is 18.8 Å². The molecule has 0 aliphatic carbocycles. The number of benzene rings is 2. The summed E-state index contributed by atoms with van der Waals surface area (Å²) in [4.78, 5) is 37.8. The molecule has 0 spiro atoms. The van der Waals surface area contributed by atoms with Crippen LogP contribution in [0.2, 0.25) is 0 Å². The number of halogens is 1. The van der Waals surface area contributed by atoms with Crippen LogP contribution in [0.3, 0.4) is 0 Å². The molecular weight excluding hydrogens is 363 g/mol. The molecule has 7 nitrogen and oxygen atoms in total. The van der Waals surface area contributed by atoms with Crippen LogP contribution in [0.5, 0.6) is 0 Å². The number of hydrogen-bond acceptors (Lipinski definition) is 3. The molecule has 2 aromatic carbocycles. The van der Waals surface area contributed by atoms with E-state index in [1.54, 1.807) is 30.3 Å². The number of carbonyl (C=O) groups is 3. The molecule has 3 N–H and O–H groups in total. The number of nitrogens with one attached hydrogen (secondary N) is 3. The van der Waals surface area contributed by atoms with E-state index in [1.165, 1.54) is 30.0 Å². The molecule has 0 saturated carbocycles. The van der Waals surface area contributed by atoms with Gasteiger partial charge in [0.2, 0.25) is 11.8 Å². The minimum atomic E-state index is -0.627. The lowest BCUT2D eigenvalue weighted by molar-refractivity contribution is -0.119. The van der Waals surface area contributed by atoms with Crippen molar-refractivity contribution in [3.8, 4) is 0 Å². The molecule has 4 amide bonds. The van der Waals surface area contributed by atoms with E-state index >= 15 is 0 Å². The molecule has 8 heteroatoms. The highest BCUT2D eigenvalue weighted by Crippen LogP contribution is 2.22. The van der Waals surface area contributed by atoms with Crippen molar-refractivity contribution in [1.82, 2.24) is 4.90 Å². The van der Waals surface area contributed by atoms with Crippen molar-refractivity contribution in [3.05, 3.63) is 54.3 Å². The molecule has 1 heterocycles. The second kappa shape index (κ2) is 8.51. The molecule has 28 heavy (non-hydrogen) atoms. The highest BCUT2D eigenvalue weighted by Gasteiger charge is 2.34. The molecule has 1 aliphatic rings. The first-order chi connectivity index (χ1) is 13.4. The molecular formula is C20H21FN4O3. The first kappa shape index (κ1) is 19.3. The van der Waals surface area contributed by atoms with Crippen LogP contribution in [0.15, 0.2) is 48.5 Å². The Morgan fingerprint density at radius 1 is 0.964 bits per heavy atom. The largest absolute Gasteiger partial charge is 0.326 e. The normalized spacial score (nSPS) is 15.8. The molecule has 3 rings (SSSR count). The topological polar surface area (TPSA) is 90.5 Å². The summed E-state index contributed by atoms with van der Waals surface area (Å²) in [6, 6.07) is 11.3. The highest BCUT2D eigenvalue weighted by atomic mass is 19.1. The predicted molar refractivity (Wildman–Crippen MR) is 105 cm³/mol. The Hall–Kier alpha value is -3.42. The summed E-state index contributed by atoms with van der Waals surface area (Å²) >= 11 is 0. The highest BCUT2D eigenvalue weighted by molar-refractivity contribution is 6.00. The van der Waals surface area contributed by atoms with Crippen molar-refractivity contribution in [2.75, 3.05) is 22.5 Å². The Labute approximate surface area is 161 Å². The number of anilines is 3. The summed E-state index contributed by atoms with van der Waals surface area (Å²) in [5, 5.41) is 8.06. The van der Waals surface area contributed by atoms with E-state index in [2.05, 4.69) is 16.0 Å². The fourth-order valence-electron chi connectivity index (χ4n) is 3.15. The van der Waals surface area contributed by atoms with Gasteiger partial charge in [-0.15, -0.1) is 0 Å². The van der Waals surface area contributed by atoms with E-state index in [1.807, 2.05) is 0 Å². The third kappa shape index (κ3) is 4.85. The van der Waals surface area contributed by atoms with Gasteiger partial charge in [-0.1, -0.05) is 12.1 Å². The van der Waals surface area contributed by atoms with Gasteiger partial charge in [-0.2, -0.15) is 0 Å². The first-order valence-electron chi connectivity index (χ1n) is 8.94. The Kier molecular flexibility index (Phi) is 5.88. The lowest BCUT2D eigenvalue weighted by Crippen LogP contribution is -2.45. The average Bonchev–Trinajstić information content (AvgIpc) is 3.11. The van der Waals surface area contributed by atoms with Crippen molar-refractivity contribution in [1.29, 1.82) is 0 Å². The fraction of sp³-hybridized carbons (Fsp3) is 0.250. The molecule has 1 atom stereocenters. The SMILES string of the molecule is CC(=O)Nc1cccc(NC(=O)[C@H]2CCCN2C(=O)Nc2cccc(F)c2)c1. The maximum atomic E-state index is 13.3. The Morgan fingerprint density at radius 3 is 2.29 bits per heavy atom. The van der Waals surface area contributed by atoms with Gasteiger partial charge in [-0.3, -0.25) is 9.59 Å². The molecule has 146 valence electrons.